The van der Waals surface area contributed by atoms with Gasteiger partial charge in [0.25, 0.3) is 5.91 Å². The van der Waals surface area contributed by atoms with E-state index in [1.54, 1.807) is 12.1 Å². The maximum absolute atomic E-state index is 11.5. The molecule has 21 heavy (non-hydrogen) atoms. The van der Waals surface area contributed by atoms with Gasteiger partial charge in [-0.15, -0.1) is 0 Å². The summed E-state index contributed by atoms with van der Waals surface area (Å²) in [6, 6.07) is 4.62. The lowest BCUT2D eigenvalue weighted by molar-refractivity contribution is -0.142. The summed E-state index contributed by atoms with van der Waals surface area (Å²) in [4.78, 5) is 22.9. The van der Waals surface area contributed by atoms with Crippen LogP contribution < -0.4 is 11.1 Å². The third-order valence-corrected chi connectivity index (χ3v) is 4.16. The lowest BCUT2D eigenvalue weighted by Gasteiger charge is -2.25. The minimum Gasteiger partial charge on any atom is -0.481 e. The Balaban J connectivity index is 2.26. The molecule has 6 heteroatoms. The van der Waals surface area contributed by atoms with E-state index in [4.69, 9.17) is 17.3 Å². The van der Waals surface area contributed by atoms with Crippen molar-refractivity contribution in [1.29, 1.82) is 0 Å². The Kier molecular flexibility index (Phi) is 5.07. The van der Waals surface area contributed by atoms with Crippen LogP contribution in [-0.4, -0.2) is 23.0 Å². The largest absolute Gasteiger partial charge is 0.481 e. The molecular weight excluding hydrogens is 292 g/mol. The Hall–Kier alpha value is -1.75. The van der Waals surface area contributed by atoms with E-state index in [2.05, 4.69) is 5.32 Å². The third kappa shape index (κ3) is 3.88. The smallest absolute Gasteiger partial charge is 0.308 e. The van der Waals surface area contributed by atoms with Gasteiger partial charge in [0.2, 0.25) is 0 Å². The van der Waals surface area contributed by atoms with Crippen LogP contribution in [0.15, 0.2) is 18.2 Å². The number of halogens is 1. The first-order valence-corrected chi connectivity index (χ1v) is 7.45. The van der Waals surface area contributed by atoms with Crippen molar-refractivity contribution in [2.24, 2.45) is 11.7 Å². The highest BCUT2D eigenvalue weighted by Gasteiger charge is 2.30. The number of nitrogens with one attached hydrogen (secondary N) is 1. The van der Waals surface area contributed by atoms with Crippen LogP contribution in [0.3, 0.4) is 0 Å². The number of hydrogen-bond acceptors (Lipinski definition) is 3. The molecule has 1 fully saturated rings. The minimum absolute atomic E-state index is 0.204. The second-order valence-electron chi connectivity index (χ2n) is 5.39. The van der Waals surface area contributed by atoms with Crippen molar-refractivity contribution in [3.05, 3.63) is 28.8 Å². The molecule has 0 saturated heterocycles. The van der Waals surface area contributed by atoms with Crippen molar-refractivity contribution in [2.75, 3.05) is 5.32 Å². The summed E-state index contributed by atoms with van der Waals surface area (Å²) >= 11 is 5.88. The van der Waals surface area contributed by atoms with E-state index in [-0.39, 0.29) is 11.6 Å². The topological polar surface area (TPSA) is 92.4 Å². The highest BCUT2D eigenvalue weighted by Crippen LogP contribution is 2.29. The van der Waals surface area contributed by atoms with E-state index in [0.717, 1.165) is 25.7 Å². The van der Waals surface area contributed by atoms with Gasteiger partial charge in [-0.2, -0.15) is 0 Å². The number of carboxylic acids is 1. The zero-order chi connectivity index (χ0) is 15.4. The number of aliphatic carboxylic acids is 1. The number of rotatable bonds is 4. The summed E-state index contributed by atoms with van der Waals surface area (Å²) in [6.45, 7) is 0. The number of benzene rings is 1. The van der Waals surface area contributed by atoms with Gasteiger partial charge in [0.05, 0.1) is 11.5 Å². The van der Waals surface area contributed by atoms with Gasteiger partial charge in [-0.05, 0) is 31.0 Å². The van der Waals surface area contributed by atoms with Gasteiger partial charge >= 0.3 is 5.97 Å². The van der Waals surface area contributed by atoms with Crippen LogP contribution in [0.1, 0.15) is 42.5 Å². The highest BCUT2D eigenvalue weighted by molar-refractivity contribution is 6.31. The van der Waals surface area contributed by atoms with Gasteiger partial charge < -0.3 is 16.2 Å². The van der Waals surface area contributed by atoms with Crippen molar-refractivity contribution >= 4 is 29.2 Å². The fourth-order valence-electron chi connectivity index (χ4n) is 2.82. The van der Waals surface area contributed by atoms with E-state index in [1.807, 2.05) is 0 Å². The Labute approximate surface area is 128 Å². The molecule has 1 amide bonds. The van der Waals surface area contributed by atoms with E-state index in [0.29, 0.717) is 17.1 Å². The number of carboxylic acid groups (broad SMARTS) is 1. The van der Waals surface area contributed by atoms with Crippen LogP contribution in [0.2, 0.25) is 5.02 Å². The molecule has 2 unspecified atom stereocenters. The molecule has 0 radical (unpaired) electrons. The molecule has 5 nitrogen and oxygen atoms in total. The van der Waals surface area contributed by atoms with Gasteiger partial charge in [0.1, 0.15) is 0 Å². The summed E-state index contributed by atoms with van der Waals surface area (Å²) in [5.74, 6) is -1.84. The second kappa shape index (κ2) is 6.80. The van der Waals surface area contributed by atoms with Crippen molar-refractivity contribution in [1.82, 2.24) is 0 Å². The summed E-state index contributed by atoms with van der Waals surface area (Å²) in [5.41, 5.74) is 6.19. The SMILES string of the molecule is NC(=O)c1cc(Cl)ccc1NC1CCCCCC1C(=O)O. The summed E-state index contributed by atoms with van der Waals surface area (Å²) in [7, 11) is 0. The molecule has 2 atom stereocenters. The normalized spacial score (nSPS) is 22.3. The van der Waals surface area contributed by atoms with Gasteiger partial charge in [-0.3, -0.25) is 9.59 Å². The second-order valence-corrected chi connectivity index (χ2v) is 5.82. The van der Waals surface area contributed by atoms with Crippen LogP contribution in [-0.2, 0) is 4.79 Å². The van der Waals surface area contributed by atoms with Crippen LogP contribution in [0.25, 0.3) is 0 Å². The number of nitrogens with two attached hydrogens (primary N) is 1. The molecular formula is C15H19ClN2O3. The molecule has 0 aromatic heterocycles. The standard InChI is InChI=1S/C15H19ClN2O3/c16-9-6-7-13(11(8-9)14(17)19)18-12-5-3-1-2-4-10(12)15(20)21/h6-8,10,12,18H,1-5H2,(H2,17,19)(H,20,21). The summed E-state index contributed by atoms with van der Waals surface area (Å²) in [5, 5.41) is 13.0. The van der Waals surface area contributed by atoms with Crippen LogP contribution in [0, 0.1) is 5.92 Å². The quantitative estimate of drug-likeness (QED) is 0.746. The van der Waals surface area contributed by atoms with E-state index >= 15 is 0 Å². The molecule has 0 bridgehead atoms. The Morgan fingerprint density at radius 2 is 1.95 bits per heavy atom. The van der Waals surface area contributed by atoms with E-state index < -0.39 is 17.8 Å². The molecule has 0 aliphatic heterocycles. The molecule has 1 saturated carbocycles. The number of carbonyl (C=O) groups is 2. The van der Waals surface area contributed by atoms with Gasteiger partial charge in [-0.1, -0.05) is 30.9 Å². The molecule has 0 heterocycles. The fourth-order valence-corrected chi connectivity index (χ4v) is 2.99. The molecule has 4 N–H and O–H groups in total. The molecule has 2 rings (SSSR count). The highest BCUT2D eigenvalue weighted by atomic mass is 35.5. The Morgan fingerprint density at radius 3 is 2.62 bits per heavy atom. The fraction of sp³-hybridized carbons (Fsp3) is 0.467. The van der Waals surface area contributed by atoms with Crippen molar-refractivity contribution < 1.29 is 14.7 Å². The lowest BCUT2D eigenvalue weighted by Crippen LogP contribution is -2.34. The molecule has 1 aliphatic rings. The van der Waals surface area contributed by atoms with E-state index in [9.17, 15) is 14.7 Å². The number of anilines is 1. The maximum Gasteiger partial charge on any atom is 0.308 e. The van der Waals surface area contributed by atoms with Crippen LogP contribution in [0.4, 0.5) is 5.69 Å². The Morgan fingerprint density at radius 1 is 1.24 bits per heavy atom. The number of amides is 1. The zero-order valence-corrected chi connectivity index (χ0v) is 12.4. The van der Waals surface area contributed by atoms with Crippen LogP contribution >= 0.6 is 11.6 Å². The summed E-state index contributed by atoms with van der Waals surface area (Å²) in [6.07, 6.45) is 4.33. The molecule has 114 valence electrons. The van der Waals surface area contributed by atoms with Crippen molar-refractivity contribution in [3.63, 3.8) is 0 Å². The summed E-state index contributed by atoms with van der Waals surface area (Å²) < 4.78 is 0. The Bertz CT molecular complexity index is 548. The maximum atomic E-state index is 11.5. The molecule has 1 aromatic carbocycles. The average Bonchev–Trinajstić information content (AvgIpc) is 2.66. The average molecular weight is 311 g/mol. The predicted octanol–water partition coefficient (Wildman–Crippen LogP) is 2.88. The first-order chi connectivity index (χ1) is 9.99. The number of primary amides is 1. The molecule has 0 spiro atoms. The van der Waals surface area contributed by atoms with Gasteiger partial charge in [-0.25, -0.2) is 0 Å². The van der Waals surface area contributed by atoms with E-state index in [1.165, 1.54) is 6.07 Å². The first kappa shape index (κ1) is 15.6. The van der Waals surface area contributed by atoms with Gasteiger partial charge in [0, 0.05) is 16.8 Å². The predicted molar refractivity (Wildman–Crippen MR) is 81.6 cm³/mol. The van der Waals surface area contributed by atoms with Crippen molar-refractivity contribution in [2.45, 2.75) is 38.1 Å². The van der Waals surface area contributed by atoms with Crippen LogP contribution in [0.5, 0.6) is 0 Å². The first-order valence-electron chi connectivity index (χ1n) is 7.07. The zero-order valence-electron chi connectivity index (χ0n) is 11.6. The minimum atomic E-state index is -0.802. The molecule has 1 aliphatic carbocycles. The molecule has 1 aromatic rings. The monoisotopic (exact) mass is 310 g/mol. The number of hydrogen-bond donors (Lipinski definition) is 3. The number of carbonyl (C=O) groups excluding carboxylic acids is 1. The lowest BCUT2D eigenvalue weighted by atomic mass is 9.94. The third-order valence-electron chi connectivity index (χ3n) is 3.92. The van der Waals surface area contributed by atoms with Crippen molar-refractivity contribution in [3.8, 4) is 0 Å². The van der Waals surface area contributed by atoms with Gasteiger partial charge in [0.15, 0.2) is 0 Å².